The van der Waals surface area contributed by atoms with Crippen molar-refractivity contribution >= 4 is 27.9 Å². The first kappa shape index (κ1) is 17.6. The molecule has 0 atom stereocenters. The number of thiophene rings is 1. The van der Waals surface area contributed by atoms with Crippen LogP contribution in [-0.4, -0.2) is 10.8 Å². The molecule has 0 unspecified atom stereocenters. The van der Waals surface area contributed by atoms with E-state index in [1.807, 2.05) is 26.2 Å². The summed E-state index contributed by atoms with van der Waals surface area (Å²) in [6.45, 7) is 5.98. The van der Waals surface area contributed by atoms with Gasteiger partial charge in [0.25, 0.3) is 5.69 Å². The Morgan fingerprint density at radius 3 is 2.62 bits per heavy atom. The summed E-state index contributed by atoms with van der Waals surface area (Å²) in [4.78, 5) is 22.7. The molecule has 7 heteroatoms. The second-order valence-electron chi connectivity index (χ2n) is 6.33. The number of nitrogens with zero attached hydrogens (tertiary/aromatic N) is 2. The fourth-order valence-electron chi connectivity index (χ4n) is 2.29. The van der Waals surface area contributed by atoms with E-state index in [2.05, 4.69) is 11.4 Å². The van der Waals surface area contributed by atoms with Gasteiger partial charge in [-0.15, -0.1) is 11.3 Å². The third-order valence-corrected chi connectivity index (χ3v) is 4.40. The van der Waals surface area contributed by atoms with E-state index in [1.165, 1.54) is 17.4 Å². The molecular formula is C17H17N3O3S. The maximum atomic E-state index is 12.2. The number of nitrogens with one attached hydrogen (secondary N) is 1. The highest BCUT2D eigenvalue weighted by molar-refractivity contribution is 7.14. The number of nitro groups is 1. The maximum absolute atomic E-state index is 12.2. The number of rotatable bonds is 4. The number of carbonyl (C=O) groups excluding carboxylic acids is 1. The van der Waals surface area contributed by atoms with Crippen molar-refractivity contribution in [2.75, 3.05) is 5.32 Å². The predicted molar refractivity (Wildman–Crippen MR) is 93.2 cm³/mol. The molecule has 1 N–H and O–H groups in total. The first-order valence-corrected chi connectivity index (χ1v) is 8.16. The van der Waals surface area contributed by atoms with Crippen LogP contribution in [0.25, 0.3) is 0 Å². The van der Waals surface area contributed by atoms with Crippen molar-refractivity contribution in [3.63, 3.8) is 0 Å². The third kappa shape index (κ3) is 3.78. The second kappa shape index (κ2) is 6.81. The minimum atomic E-state index is -0.508. The molecule has 0 aliphatic heterocycles. The van der Waals surface area contributed by atoms with Crippen molar-refractivity contribution in [2.45, 2.75) is 32.6 Å². The van der Waals surface area contributed by atoms with E-state index in [1.54, 1.807) is 18.2 Å². The highest BCUT2D eigenvalue weighted by Crippen LogP contribution is 2.35. The first-order valence-electron chi connectivity index (χ1n) is 7.28. The molecule has 124 valence electrons. The molecule has 6 nitrogen and oxygen atoms in total. The van der Waals surface area contributed by atoms with Gasteiger partial charge in [0.2, 0.25) is 5.91 Å². The molecule has 0 radical (unpaired) electrons. The van der Waals surface area contributed by atoms with Crippen LogP contribution in [0.3, 0.4) is 0 Å². The molecule has 0 spiro atoms. The van der Waals surface area contributed by atoms with Crippen LogP contribution < -0.4 is 5.32 Å². The Bertz CT molecular complexity index is 828. The van der Waals surface area contributed by atoms with Gasteiger partial charge in [-0.2, -0.15) is 5.26 Å². The van der Waals surface area contributed by atoms with Crippen molar-refractivity contribution in [3.05, 3.63) is 56.5 Å². The maximum Gasteiger partial charge on any atom is 0.273 e. The number of nitro benzene ring substituents is 1. The van der Waals surface area contributed by atoms with E-state index in [0.29, 0.717) is 16.1 Å². The van der Waals surface area contributed by atoms with Crippen molar-refractivity contribution in [3.8, 4) is 6.07 Å². The van der Waals surface area contributed by atoms with Crippen LogP contribution in [0.4, 0.5) is 10.7 Å². The van der Waals surface area contributed by atoms with Crippen molar-refractivity contribution in [1.82, 2.24) is 0 Å². The summed E-state index contributed by atoms with van der Waals surface area (Å²) in [6.07, 6.45) is -0.120. The van der Waals surface area contributed by atoms with Crippen LogP contribution in [-0.2, 0) is 16.6 Å². The summed E-state index contributed by atoms with van der Waals surface area (Å²) in [6, 6.07) is 8.27. The average Bonchev–Trinajstić information content (AvgIpc) is 2.90. The summed E-state index contributed by atoms with van der Waals surface area (Å²) in [5.41, 5.74) is 1.36. The summed E-state index contributed by atoms with van der Waals surface area (Å²) < 4.78 is 0. The predicted octanol–water partition coefficient (Wildman–Crippen LogP) is 4.01. The summed E-state index contributed by atoms with van der Waals surface area (Å²) in [5.74, 6) is -0.386. The number of amides is 1. The first-order chi connectivity index (χ1) is 11.2. The van der Waals surface area contributed by atoms with Gasteiger partial charge in [-0.1, -0.05) is 39.0 Å². The standard InChI is InChI=1S/C17H17N3O3S/c1-17(2,3)13-10-24-16(12(13)9-18)19-15(21)8-11-6-4-5-7-14(11)20(22)23/h4-7,10H,8H2,1-3H3,(H,19,21). The lowest BCUT2D eigenvalue weighted by atomic mass is 9.86. The fourth-order valence-corrected chi connectivity index (χ4v) is 3.45. The molecule has 2 rings (SSSR count). The summed E-state index contributed by atoms with van der Waals surface area (Å²) >= 11 is 1.29. The van der Waals surface area contributed by atoms with Gasteiger partial charge in [-0.25, -0.2) is 0 Å². The number of nitriles is 1. The van der Waals surface area contributed by atoms with Gasteiger partial charge in [0.1, 0.15) is 11.1 Å². The van der Waals surface area contributed by atoms with E-state index >= 15 is 0 Å². The van der Waals surface area contributed by atoms with E-state index in [0.717, 1.165) is 5.56 Å². The number of anilines is 1. The van der Waals surface area contributed by atoms with Crippen LogP contribution in [0.1, 0.15) is 37.5 Å². The zero-order valence-corrected chi connectivity index (χ0v) is 14.4. The number of carbonyl (C=O) groups is 1. The van der Waals surface area contributed by atoms with Crippen LogP contribution in [0.5, 0.6) is 0 Å². The molecule has 1 amide bonds. The van der Waals surface area contributed by atoms with E-state index < -0.39 is 4.92 Å². The Morgan fingerprint density at radius 2 is 2.04 bits per heavy atom. The lowest BCUT2D eigenvalue weighted by Crippen LogP contribution is -2.16. The van der Waals surface area contributed by atoms with Gasteiger partial charge < -0.3 is 5.32 Å². The molecule has 1 aromatic carbocycles. The highest BCUT2D eigenvalue weighted by atomic mass is 32.1. The Balaban J connectivity index is 2.22. The summed E-state index contributed by atoms with van der Waals surface area (Å²) in [7, 11) is 0. The van der Waals surface area contributed by atoms with Gasteiger partial charge in [-0.3, -0.25) is 14.9 Å². The number of hydrogen-bond donors (Lipinski definition) is 1. The zero-order chi connectivity index (χ0) is 17.9. The highest BCUT2D eigenvalue weighted by Gasteiger charge is 2.24. The number of benzene rings is 1. The van der Waals surface area contributed by atoms with Gasteiger partial charge >= 0.3 is 0 Å². The Kier molecular flexibility index (Phi) is 5.00. The number of para-hydroxylation sites is 1. The second-order valence-corrected chi connectivity index (χ2v) is 7.21. The van der Waals surface area contributed by atoms with Gasteiger partial charge in [0, 0.05) is 11.6 Å². The van der Waals surface area contributed by atoms with Crippen LogP contribution in [0, 0.1) is 21.4 Å². The SMILES string of the molecule is CC(C)(C)c1csc(NC(=O)Cc2ccccc2[N+](=O)[O-])c1C#N. The third-order valence-electron chi connectivity index (χ3n) is 3.50. The lowest BCUT2D eigenvalue weighted by Gasteiger charge is -2.17. The molecule has 0 aliphatic rings. The van der Waals surface area contributed by atoms with E-state index in [4.69, 9.17) is 0 Å². The quantitative estimate of drug-likeness (QED) is 0.670. The molecular weight excluding hydrogens is 326 g/mol. The molecule has 2 aromatic rings. The normalized spacial score (nSPS) is 10.9. The van der Waals surface area contributed by atoms with Crippen LogP contribution in [0.2, 0.25) is 0 Å². The van der Waals surface area contributed by atoms with Gasteiger partial charge in [-0.05, 0) is 16.4 Å². The topological polar surface area (TPSA) is 96.0 Å². The van der Waals surface area contributed by atoms with Crippen molar-refractivity contribution < 1.29 is 9.72 Å². The van der Waals surface area contributed by atoms with Gasteiger partial charge in [0.05, 0.1) is 16.9 Å². The smallest absolute Gasteiger partial charge is 0.273 e. The molecule has 0 bridgehead atoms. The number of hydrogen-bond acceptors (Lipinski definition) is 5. The molecule has 0 aliphatic carbocycles. The lowest BCUT2D eigenvalue weighted by molar-refractivity contribution is -0.385. The Hall–Kier alpha value is -2.72. The minimum Gasteiger partial charge on any atom is -0.316 e. The molecule has 1 heterocycles. The van der Waals surface area contributed by atoms with Gasteiger partial charge in [0.15, 0.2) is 0 Å². The molecule has 1 aromatic heterocycles. The zero-order valence-electron chi connectivity index (χ0n) is 13.6. The molecule has 0 fully saturated rings. The Morgan fingerprint density at radius 1 is 1.38 bits per heavy atom. The van der Waals surface area contributed by atoms with Crippen molar-refractivity contribution in [2.24, 2.45) is 0 Å². The minimum absolute atomic E-state index is 0.0882. The van der Waals surface area contributed by atoms with E-state index in [9.17, 15) is 20.2 Å². The van der Waals surface area contributed by atoms with Crippen molar-refractivity contribution in [1.29, 1.82) is 5.26 Å². The summed E-state index contributed by atoms with van der Waals surface area (Å²) in [5, 5.41) is 25.4. The van der Waals surface area contributed by atoms with E-state index in [-0.39, 0.29) is 23.4 Å². The molecule has 24 heavy (non-hydrogen) atoms. The van der Waals surface area contributed by atoms with Crippen LogP contribution in [0.15, 0.2) is 29.6 Å². The Labute approximate surface area is 143 Å². The largest absolute Gasteiger partial charge is 0.316 e. The fraction of sp³-hybridized carbons (Fsp3) is 0.294. The molecule has 0 saturated carbocycles. The van der Waals surface area contributed by atoms with Crippen LogP contribution >= 0.6 is 11.3 Å². The monoisotopic (exact) mass is 343 g/mol. The molecule has 0 saturated heterocycles. The average molecular weight is 343 g/mol.